The topological polar surface area (TPSA) is 50.7 Å². The minimum atomic E-state index is -0.314. The highest BCUT2D eigenvalue weighted by Crippen LogP contribution is 2.28. The fourth-order valence-corrected chi connectivity index (χ4v) is 3.22. The van der Waals surface area contributed by atoms with Crippen molar-refractivity contribution in [2.24, 2.45) is 5.10 Å². The standard InChI is InChI=1S/C22H21BrN2O2/c1-15(2)17-10-11-21(20(23)12-17)27-14-22(26)25-24-13-18-8-5-7-16-6-3-4-9-19(16)18/h3-13,15H,14H2,1-2H3,(H,25,26). The van der Waals surface area contributed by atoms with Gasteiger partial charge in [-0.25, -0.2) is 5.43 Å². The highest BCUT2D eigenvalue weighted by atomic mass is 79.9. The summed E-state index contributed by atoms with van der Waals surface area (Å²) in [6.45, 7) is 4.15. The molecule has 1 amide bonds. The largest absolute Gasteiger partial charge is 0.483 e. The van der Waals surface area contributed by atoms with E-state index in [1.54, 1.807) is 6.21 Å². The number of carbonyl (C=O) groups is 1. The number of rotatable bonds is 6. The summed E-state index contributed by atoms with van der Waals surface area (Å²) in [5, 5.41) is 6.26. The molecular weight excluding hydrogens is 404 g/mol. The van der Waals surface area contributed by atoms with Gasteiger partial charge in [-0.1, -0.05) is 62.4 Å². The zero-order valence-electron chi connectivity index (χ0n) is 15.3. The summed E-state index contributed by atoms with van der Waals surface area (Å²) in [4.78, 5) is 12.0. The molecule has 0 saturated heterocycles. The van der Waals surface area contributed by atoms with Crippen LogP contribution in [0.4, 0.5) is 0 Å². The molecule has 0 aromatic heterocycles. The third-order valence-electron chi connectivity index (χ3n) is 4.20. The van der Waals surface area contributed by atoms with E-state index in [4.69, 9.17) is 4.74 Å². The number of amides is 1. The summed E-state index contributed by atoms with van der Waals surface area (Å²) in [5.74, 6) is 0.751. The summed E-state index contributed by atoms with van der Waals surface area (Å²) in [7, 11) is 0. The minimum absolute atomic E-state index is 0.105. The molecule has 0 heterocycles. The Morgan fingerprint density at radius 1 is 1.15 bits per heavy atom. The van der Waals surface area contributed by atoms with Crippen LogP contribution in [0.25, 0.3) is 10.8 Å². The van der Waals surface area contributed by atoms with Crippen LogP contribution in [-0.4, -0.2) is 18.7 Å². The van der Waals surface area contributed by atoms with Crippen LogP contribution >= 0.6 is 15.9 Å². The monoisotopic (exact) mass is 424 g/mol. The predicted octanol–water partition coefficient (Wildman–Crippen LogP) is 5.25. The quantitative estimate of drug-likeness (QED) is 0.433. The second-order valence-electron chi connectivity index (χ2n) is 6.49. The van der Waals surface area contributed by atoms with Gasteiger partial charge in [0.15, 0.2) is 6.61 Å². The predicted molar refractivity (Wildman–Crippen MR) is 113 cm³/mol. The molecule has 0 bridgehead atoms. The van der Waals surface area contributed by atoms with Crippen LogP contribution in [0, 0.1) is 0 Å². The number of hydrazone groups is 1. The zero-order chi connectivity index (χ0) is 19.2. The highest BCUT2D eigenvalue weighted by molar-refractivity contribution is 9.10. The van der Waals surface area contributed by atoms with Crippen molar-refractivity contribution in [1.29, 1.82) is 0 Å². The molecule has 3 aromatic carbocycles. The maximum atomic E-state index is 12.0. The van der Waals surface area contributed by atoms with Crippen molar-refractivity contribution in [3.63, 3.8) is 0 Å². The SMILES string of the molecule is CC(C)c1ccc(OCC(=O)NN=Cc2cccc3ccccc23)c(Br)c1. The Balaban J connectivity index is 1.57. The summed E-state index contributed by atoms with van der Waals surface area (Å²) in [6.07, 6.45) is 1.65. The number of carbonyl (C=O) groups excluding carboxylic acids is 1. The average Bonchev–Trinajstić information content (AvgIpc) is 2.67. The summed E-state index contributed by atoms with van der Waals surface area (Å²) < 4.78 is 6.41. The van der Waals surface area contributed by atoms with E-state index in [0.29, 0.717) is 11.7 Å². The molecule has 3 rings (SSSR count). The van der Waals surface area contributed by atoms with Gasteiger partial charge in [0.05, 0.1) is 10.7 Å². The Morgan fingerprint density at radius 3 is 2.70 bits per heavy atom. The van der Waals surface area contributed by atoms with Crippen LogP contribution < -0.4 is 10.2 Å². The van der Waals surface area contributed by atoms with Crippen molar-refractivity contribution in [2.45, 2.75) is 19.8 Å². The van der Waals surface area contributed by atoms with Gasteiger partial charge in [-0.3, -0.25) is 4.79 Å². The maximum absolute atomic E-state index is 12.0. The number of nitrogens with zero attached hydrogens (tertiary/aromatic N) is 1. The third-order valence-corrected chi connectivity index (χ3v) is 4.82. The molecule has 5 heteroatoms. The van der Waals surface area contributed by atoms with Crippen molar-refractivity contribution in [3.05, 3.63) is 76.3 Å². The highest BCUT2D eigenvalue weighted by Gasteiger charge is 2.07. The van der Waals surface area contributed by atoms with Gasteiger partial charge in [-0.15, -0.1) is 0 Å². The molecule has 0 atom stereocenters. The van der Waals surface area contributed by atoms with Gasteiger partial charge in [0.25, 0.3) is 5.91 Å². The number of benzene rings is 3. The molecule has 0 fully saturated rings. The third kappa shape index (κ3) is 4.95. The molecule has 138 valence electrons. The summed E-state index contributed by atoms with van der Waals surface area (Å²) in [6, 6.07) is 19.9. The van der Waals surface area contributed by atoms with Crippen LogP contribution in [0.1, 0.15) is 30.9 Å². The zero-order valence-corrected chi connectivity index (χ0v) is 16.9. The maximum Gasteiger partial charge on any atom is 0.277 e. The number of ether oxygens (including phenoxy) is 1. The van der Waals surface area contributed by atoms with Crippen molar-refractivity contribution < 1.29 is 9.53 Å². The lowest BCUT2D eigenvalue weighted by Gasteiger charge is -2.10. The van der Waals surface area contributed by atoms with Crippen molar-refractivity contribution in [3.8, 4) is 5.75 Å². The van der Waals surface area contributed by atoms with Gasteiger partial charge >= 0.3 is 0 Å². The summed E-state index contributed by atoms with van der Waals surface area (Å²) in [5.41, 5.74) is 4.66. The molecule has 0 aliphatic heterocycles. The Morgan fingerprint density at radius 2 is 1.93 bits per heavy atom. The first-order valence-corrected chi connectivity index (χ1v) is 9.56. The number of halogens is 1. The van der Waals surface area contributed by atoms with Crippen molar-refractivity contribution in [1.82, 2.24) is 5.43 Å². The number of nitrogens with one attached hydrogen (secondary N) is 1. The van der Waals surface area contributed by atoms with E-state index >= 15 is 0 Å². The first-order valence-electron chi connectivity index (χ1n) is 8.76. The van der Waals surface area contributed by atoms with Crippen LogP contribution in [0.5, 0.6) is 5.75 Å². The number of hydrogen-bond donors (Lipinski definition) is 1. The first-order chi connectivity index (χ1) is 13.0. The molecule has 1 N–H and O–H groups in total. The summed E-state index contributed by atoms with van der Waals surface area (Å²) >= 11 is 3.49. The van der Waals surface area contributed by atoms with Crippen LogP contribution in [0.2, 0.25) is 0 Å². The van der Waals surface area contributed by atoms with Crippen LogP contribution in [0.3, 0.4) is 0 Å². The molecule has 3 aromatic rings. The Kier molecular flexibility index (Phi) is 6.24. The molecule has 27 heavy (non-hydrogen) atoms. The van der Waals surface area contributed by atoms with Gasteiger partial charge < -0.3 is 4.74 Å². The van der Waals surface area contributed by atoms with Crippen molar-refractivity contribution >= 4 is 38.8 Å². The molecule has 0 unspecified atom stereocenters. The minimum Gasteiger partial charge on any atom is -0.483 e. The molecule has 0 radical (unpaired) electrons. The van der Waals surface area contributed by atoms with Gasteiger partial charge in [-0.2, -0.15) is 5.10 Å². The molecular formula is C22H21BrN2O2. The van der Waals surface area contributed by atoms with E-state index in [1.807, 2.05) is 60.7 Å². The smallest absolute Gasteiger partial charge is 0.277 e. The Labute approximate surface area is 167 Å². The van der Waals surface area contributed by atoms with Gasteiger partial charge in [0.2, 0.25) is 0 Å². The fraction of sp³-hybridized carbons (Fsp3) is 0.182. The second kappa shape index (κ2) is 8.82. The molecule has 4 nitrogen and oxygen atoms in total. The van der Waals surface area contributed by atoms with E-state index in [0.717, 1.165) is 20.8 Å². The van der Waals surface area contributed by atoms with Crippen LogP contribution in [-0.2, 0) is 4.79 Å². The van der Waals surface area contributed by atoms with Gasteiger partial charge in [0.1, 0.15) is 5.75 Å². The van der Waals surface area contributed by atoms with E-state index in [9.17, 15) is 4.79 Å². The van der Waals surface area contributed by atoms with Gasteiger partial charge in [0, 0.05) is 5.56 Å². The molecule has 0 spiro atoms. The lowest BCUT2D eigenvalue weighted by molar-refractivity contribution is -0.123. The van der Waals surface area contributed by atoms with Crippen LogP contribution in [0.15, 0.2) is 70.2 Å². The lowest BCUT2D eigenvalue weighted by Crippen LogP contribution is -2.24. The fourth-order valence-electron chi connectivity index (χ4n) is 2.71. The van der Waals surface area contributed by atoms with Crippen molar-refractivity contribution in [2.75, 3.05) is 6.61 Å². The van der Waals surface area contributed by atoms with E-state index in [2.05, 4.69) is 40.3 Å². The normalized spacial score (nSPS) is 11.3. The molecule has 0 aliphatic carbocycles. The van der Waals surface area contributed by atoms with E-state index in [-0.39, 0.29) is 12.5 Å². The lowest BCUT2D eigenvalue weighted by atomic mass is 10.0. The first kappa shape index (κ1) is 19.1. The molecule has 0 saturated carbocycles. The van der Waals surface area contributed by atoms with E-state index < -0.39 is 0 Å². The average molecular weight is 425 g/mol. The Bertz CT molecular complexity index is 978. The van der Waals surface area contributed by atoms with E-state index in [1.165, 1.54) is 5.56 Å². The Hall–Kier alpha value is -2.66. The molecule has 0 aliphatic rings. The second-order valence-corrected chi connectivity index (χ2v) is 7.35. The van der Waals surface area contributed by atoms with Gasteiger partial charge in [-0.05, 0) is 50.3 Å². The number of fused-ring (bicyclic) bond motifs is 1. The number of hydrogen-bond acceptors (Lipinski definition) is 3.